The first-order valence-corrected chi connectivity index (χ1v) is 5.20. The first-order chi connectivity index (χ1) is 6.09. The second kappa shape index (κ2) is 3.15. The van der Waals surface area contributed by atoms with E-state index in [0.29, 0.717) is 9.50 Å². The van der Waals surface area contributed by atoms with Crippen molar-refractivity contribution in [3.8, 4) is 5.75 Å². The van der Waals surface area contributed by atoms with Gasteiger partial charge < -0.3 is 10.8 Å². The molecule has 0 heterocycles. The molecule has 1 fully saturated rings. The van der Waals surface area contributed by atoms with Crippen LogP contribution in [0.25, 0.3) is 0 Å². The van der Waals surface area contributed by atoms with E-state index in [0.717, 1.165) is 12.0 Å². The third kappa shape index (κ3) is 1.68. The van der Waals surface area contributed by atoms with Gasteiger partial charge in [-0.3, -0.25) is 0 Å². The van der Waals surface area contributed by atoms with Crippen molar-refractivity contribution in [3.63, 3.8) is 0 Å². The third-order valence-corrected chi connectivity index (χ3v) is 3.12. The van der Waals surface area contributed by atoms with Gasteiger partial charge in [0.1, 0.15) is 5.75 Å². The summed E-state index contributed by atoms with van der Waals surface area (Å²) in [5, 5.41) is 10.3. The second-order valence-corrected chi connectivity index (χ2v) is 4.62. The minimum Gasteiger partial charge on any atom is -0.506 e. The molecule has 13 heavy (non-hydrogen) atoms. The maximum atomic E-state index is 9.69. The number of hydrogen-bond acceptors (Lipinski definition) is 2. The average molecular weight is 263 g/mol. The van der Waals surface area contributed by atoms with E-state index in [1.807, 2.05) is 0 Å². The standard InChI is InChI=1S/C9H9BrClNO/c10-7-2-4(11)1-6(9(7)13)5-3-8(5)12/h1-2,5,8,13H,3,12H2. The lowest BCUT2D eigenvalue weighted by Gasteiger charge is -2.05. The lowest BCUT2D eigenvalue weighted by Crippen LogP contribution is -2.01. The second-order valence-electron chi connectivity index (χ2n) is 3.33. The molecule has 0 bridgehead atoms. The van der Waals surface area contributed by atoms with Crippen LogP contribution in [0, 0.1) is 0 Å². The molecule has 1 saturated carbocycles. The van der Waals surface area contributed by atoms with E-state index < -0.39 is 0 Å². The predicted molar refractivity (Wildman–Crippen MR) is 56.2 cm³/mol. The summed E-state index contributed by atoms with van der Waals surface area (Å²) in [6.07, 6.45) is 0.931. The molecule has 2 unspecified atom stereocenters. The summed E-state index contributed by atoms with van der Waals surface area (Å²) in [7, 11) is 0. The van der Waals surface area contributed by atoms with Crippen LogP contribution in [0.1, 0.15) is 17.9 Å². The zero-order chi connectivity index (χ0) is 9.59. The maximum absolute atomic E-state index is 9.69. The summed E-state index contributed by atoms with van der Waals surface area (Å²) >= 11 is 9.10. The molecule has 2 atom stereocenters. The van der Waals surface area contributed by atoms with Crippen molar-refractivity contribution in [2.75, 3.05) is 0 Å². The molecule has 3 N–H and O–H groups in total. The largest absolute Gasteiger partial charge is 0.506 e. The van der Waals surface area contributed by atoms with Gasteiger partial charge in [-0.25, -0.2) is 0 Å². The molecule has 0 spiro atoms. The Morgan fingerprint density at radius 3 is 2.69 bits per heavy atom. The molecule has 0 radical (unpaired) electrons. The zero-order valence-corrected chi connectivity index (χ0v) is 9.14. The first kappa shape index (κ1) is 9.31. The van der Waals surface area contributed by atoms with Crippen LogP contribution in [-0.4, -0.2) is 11.1 Å². The van der Waals surface area contributed by atoms with Gasteiger partial charge in [0.15, 0.2) is 0 Å². The monoisotopic (exact) mass is 261 g/mol. The number of phenols is 1. The van der Waals surface area contributed by atoms with Crippen molar-refractivity contribution in [2.24, 2.45) is 5.73 Å². The van der Waals surface area contributed by atoms with Crippen molar-refractivity contribution in [1.29, 1.82) is 0 Å². The van der Waals surface area contributed by atoms with Crippen LogP contribution in [0.15, 0.2) is 16.6 Å². The predicted octanol–water partition coefficient (Wildman–Crippen LogP) is 2.62. The zero-order valence-electron chi connectivity index (χ0n) is 6.80. The number of hydrogen-bond donors (Lipinski definition) is 2. The van der Waals surface area contributed by atoms with Gasteiger partial charge >= 0.3 is 0 Å². The molecule has 0 aromatic heterocycles. The van der Waals surface area contributed by atoms with Crippen molar-refractivity contribution < 1.29 is 5.11 Å². The molecule has 1 aromatic carbocycles. The van der Waals surface area contributed by atoms with E-state index in [1.165, 1.54) is 0 Å². The van der Waals surface area contributed by atoms with Crippen molar-refractivity contribution in [1.82, 2.24) is 0 Å². The Bertz CT molecular complexity index is 356. The molecular weight excluding hydrogens is 253 g/mol. The topological polar surface area (TPSA) is 46.2 Å². The van der Waals surface area contributed by atoms with Crippen LogP contribution in [0.5, 0.6) is 5.75 Å². The van der Waals surface area contributed by atoms with Crippen molar-refractivity contribution >= 4 is 27.5 Å². The van der Waals surface area contributed by atoms with E-state index in [-0.39, 0.29) is 17.7 Å². The summed E-state index contributed by atoms with van der Waals surface area (Å²) in [5.74, 6) is 0.539. The Balaban J connectivity index is 2.44. The van der Waals surface area contributed by atoms with Gasteiger partial charge in [-0.15, -0.1) is 0 Å². The van der Waals surface area contributed by atoms with E-state index >= 15 is 0 Å². The Hall–Kier alpha value is -0.250. The molecule has 1 aromatic rings. The lowest BCUT2D eigenvalue weighted by molar-refractivity contribution is 0.464. The number of benzene rings is 1. The number of rotatable bonds is 1. The highest BCUT2D eigenvalue weighted by Crippen LogP contribution is 2.46. The van der Waals surface area contributed by atoms with Crippen LogP contribution >= 0.6 is 27.5 Å². The maximum Gasteiger partial charge on any atom is 0.133 e. The molecule has 0 amide bonds. The van der Waals surface area contributed by atoms with Gasteiger partial charge in [-0.05, 0) is 34.5 Å². The molecular formula is C9H9BrClNO. The quantitative estimate of drug-likeness (QED) is 0.817. The fourth-order valence-corrected chi connectivity index (χ4v) is 2.27. The molecule has 2 nitrogen and oxygen atoms in total. The molecule has 1 aliphatic rings. The van der Waals surface area contributed by atoms with Gasteiger partial charge in [-0.2, -0.15) is 0 Å². The Kier molecular flexibility index (Phi) is 2.26. The van der Waals surface area contributed by atoms with Crippen LogP contribution in [0.2, 0.25) is 5.02 Å². The fourth-order valence-electron chi connectivity index (χ4n) is 1.44. The van der Waals surface area contributed by atoms with Gasteiger partial charge in [0.25, 0.3) is 0 Å². The van der Waals surface area contributed by atoms with Crippen LogP contribution in [0.3, 0.4) is 0 Å². The Morgan fingerprint density at radius 2 is 2.15 bits per heavy atom. The summed E-state index contributed by atoms with van der Waals surface area (Å²) in [4.78, 5) is 0. The number of nitrogens with two attached hydrogens (primary N) is 1. The number of phenolic OH excluding ortho intramolecular Hbond substituents is 1. The summed E-state index contributed by atoms with van der Waals surface area (Å²) in [6.45, 7) is 0. The summed E-state index contributed by atoms with van der Waals surface area (Å²) < 4.78 is 0.633. The van der Waals surface area contributed by atoms with Gasteiger partial charge in [-0.1, -0.05) is 11.6 Å². The highest BCUT2D eigenvalue weighted by atomic mass is 79.9. The van der Waals surface area contributed by atoms with Gasteiger partial charge in [0, 0.05) is 22.5 Å². The Labute approximate surface area is 89.8 Å². The number of aromatic hydroxyl groups is 1. The van der Waals surface area contributed by atoms with Crippen molar-refractivity contribution in [3.05, 3.63) is 27.2 Å². The van der Waals surface area contributed by atoms with Crippen LogP contribution in [-0.2, 0) is 0 Å². The smallest absolute Gasteiger partial charge is 0.133 e. The van der Waals surface area contributed by atoms with Gasteiger partial charge in [0.2, 0.25) is 0 Å². The molecule has 2 rings (SSSR count). The van der Waals surface area contributed by atoms with Crippen LogP contribution in [0.4, 0.5) is 0 Å². The third-order valence-electron chi connectivity index (χ3n) is 2.30. The lowest BCUT2D eigenvalue weighted by atomic mass is 10.1. The van der Waals surface area contributed by atoms with E-state index in [2.05, 4.69) is 15.9 Å². The minimum atomic E-state index is 0.177. The van der Waals surface area contributed by atoms with E-state index in [9.17, 15) is 5.11 Å². The number of halogens is 2. The normalized spacial score (nSPS) is 26.1. The Morgan fingerprint density at radius 1 is 1.54 bits per heavy atom. The van der Waals surface area contributed by atoms with Crippen LogP contribution < -0.4 is 5.73 Å². The summed E-state index contributed by atoms with van der Waals surface area (Å²) in [5.41, 5.74) is 6.55. The molecule has 1 aliphatic carbocycles. The molecule has 4 heteroatoms. The molecule has 70 valence electrons. The average Bonchev–Trinajstić information content (AvgIpc) is 2.75. The first-order valence-electron chi connectivity index (χ1n) is 4.03. The van der Waals surface area contributed by atoms with E-state index in [4.69, 9.17) is 17.3 Å². The summed E-state index contributed by atoms with van der Waals surface area (Å²) in [6, 6.07) is 3.63. The van der Waals surface area contributed by atoms with E-state index in [1.54, 1.807) is 12.1 Å². The van der Waals surface area contributed by atoms with Gasteiger partial charge in [0.05, 0.1) is 4.47 Å². The molecule has 0 aliphatic heterocycles. The highest BCUT2D eigenvalue weighted by Gasteiger charge is 2.37. The minimum absolute atomic E-state index is 0.177. The highest BCUT2D eigenvalue weighted by molar-refractivity contribution is 9.10. The SMILES string of the molecule is NC1CC1c1cc(Cl)cc(Br)c1O. The molecule has 0 saturated heterocycles. The fraction of sp³-hybridized carbons (Fsp3) is 0.333. The van der Waals surface area contributed by atoms with Crippen molar-refractivity contribution in [2.45, 2.75) is 18.4 Å².